The third kappa shape index (κ3) is 4.84. The summed E-state index contributed by atoms with van der Waals surface area (Å²) in [7, 11) is 0. The Morgan fingerprint density at radius 1 is 1.53 bits per heavy atom. The smallest absolute Gasteiger partial charge is 0.319 e. The Morgan fingerprint density at radius 2 is 2.32 bits per heavy atom. The van der Waals surface area contributed by atoms with Gasteiger partial charge in [-0.25, -0.2) is 4.79 Å². The molecule has 0 aromatic carbocycles. The number of hydrogen-bond acceptors (Lipinski definition) is 4. The summed E-state index contributed by atoms with van der Waals surface area (Å²) in [4.78, 5) is 18.0. The van der Waals surface area contributed by atoms with Crippen molar-refractivity contribution in [3.8, 4) is 0 Å². The van der Waals surface area contributed by atoms with Crippen molar-refractivity contribution in [2.75, 3.05) is 38.2 Å². The van der Waals surface area contributed by atoms with E-state index in [1.807, 2.05) is 6.92 Å². The number of carbonyl (C=O) groups excluding carboxylic acids is 1. The minimum absolute atomic E-state index is 0.0924. The number of nitrogens with zero attached hydrogens (tertiary/aromatic N) is 2. The van der Waals surface area contributed by atoms with Gasteiger partial charge in [0, 0.05) is 31.9 Å². The number of anilines is 1. The molecule has 6 heteroatoms. The van der Waals surface area contributed by atoms with Gasteiger partial charge in [0.25, 0.3) is 0 Å². The first kappa shape index (κ1) is 13.8. The van der Waals surface area contributed by atoms with Crippen LogP contribution in [0.3, 0.4) is 0 Å². The highest BCUT2D eigenvalue weighted by Crippen LogP contribution is 2.03. The van der Waals surface area contributed by atoms with E-state index in [0.29, 0.717) is 5.69 Å². The third-order valence-electron chi connectivity index (χ3n) is 2.93. The molecule has 1 aromatic heterocycles. The number of amides is 2. The zero-order valence-corrected chi connectivity index (χ0v) is 11.1. The topological polar surface area (TPSA) is 66.5 Å². The average Bonchev–Trinajstić information content (AvgIpc) is 2.40. The maximum Gasteiger partial charge on any atom is 0.319 e. The number of carbonyl (C=O) groups is 1. The second kappa shape index (κ2) is 7.06. The van der Waals surface area contributed by atoms with E-state index in [0.717, 1.165) is 32.8 Å². The summed E-state index contributed by atoms with van der Waals surface area (Å²) >= 11 is 0. The predicted molar refractivity (Wildman–Crippen MR) is 73.1 cm³/mol. The van der Waals surface area contributed by atoms with Gasteiger partial charge < -0.3 is 15.4 Å². The molecule has 1 atom stereocenters. The first-order chi connectivity index (χ1) is 9.24. The largest absolute Gasteiger partial charge is 0.379 e. The van der Waals surface area contributed by atoms with E-state index in [1.165, 1.54) is 0 Å². The van der Waals surface area contributed by atoms with Gasteiger partial charge in [-0.3, -0.25) is 9.88 Å². The molecule has 19 heavy (non-hydrogen) atoms. The van der Waals surface area contributed by atoms with Crippen molar-refractivity contribution in [3.05, 3.63) is 24.5 Å². The van der Waals surface area contributed by atoms with Gasteiger partial charge in [-0.15, -0.1) is 0 Å². The fourth-order valence-corrected chi connectivity index (χ4v) is 2.04. The Hall–Kier alpha value is -1.66. The molecular formula is C13H20N4O2. The molecule has 2 heterocycles. The number of pyridine rings is 1. The molecule has 2 N–H and O–H groups in total. The van der Waals surface area contributed by atoms with Crippen molar-refractivity contribution in [1.29, 1.82) is 0 Å². The minimum Gasteiger partial charge on any atom is -0.379 e. The first-order valence-electron chi connectivity index (χ1n) is 6.51. The number of nitrogens with one attached hydrogen (secondary N) is 2. The van der Waals surface area contributed by atoms with E-state index in [2.05, 4.69) is 20.5 Å². The fraction of sp³-hybridized carbons (Fsp3) is 0.538. The Labute approximate surface area is 113 Å². The van der Waals surface area contributed by atoms with Crippen molar-refractivity contribution in [1.82, 2.24) is 15.2 Å². The van der Waals surface area contributed by atoms with Crippen molar-refractivity contribution in [3.63, 3.8) is 0 Å². The molecule has 0 aliphatic carbocycles. The number of urea groups is 1. The minimum atomic E-state index is -0.200. The highest BCUT2D eigenvalue weighted by molar-refractivity contribution is 5.89. The lowest BCUT2D eigenvalue weighted by Gasteiger charge is -2.29. The van der Waals surface area contributed by atoms with Crippen LogP contribution >= 0.6 is 0 Å². The van der Waals surface area contributed by atoms with Gasteiger partial charge in [-0.1, -0.05) is 0 Å². The highest BCUT2D eigenvalue weighted by Gasteiger charge is 2.15. The molecule has 1 fully saturated rings. The summed E-state index contributed by atoms with van der Waals surface area (Å²) in [6.45, 7) is 6.23. The third-order valence-corrected chi connectivity index (χ3v) is 2.93. The van der Waals surface area contributed by atoms with Crippen molar-refractivity contribution >= 4 is 11.7 Å². The molecule has 104 valence electrons. The molecule has 1 aromatic rings. The number of ether oxygens (including phenoxy) is 1. The van der Waals surface area contributed by atoms with E-state index in [-0.39, 0.29) is 12.1 Å². The van der Waals surface area contributed by atoms with Crippen LogP contribution in [0, 0.1) is 0 Å². The van der Waals surface area contributed by atoms with Crippen LogP contribution < -0.4 is 10.6 Å². The maximum absolute atomic E-state index is 11.8. The SMILES string of the molecule is CC(CN1CCOCC1)NC(=O)Nc1cccnc1. The van der Waals surface area contributed by atoms with Crippen LogP contribution in [0.1, 0.15) is 6.92 Å². The lowest BCUT2D eigenvalue weighted by molar-refractivity contribution is 0.0350. The van der Waals surface area contributed by atoms with Crippen molar-refractivity contribution in [2.24, 2.45) is 0 Å². The van der Waals surface area contributed by atoms with Crippen LogP contribution in [0.25, 0.3) is 0 Å². The van der Waals surface area contributed by atoms with E-state index < -0.39 is 0 Å². The van der Waals surface area contributed by atoms with Gasteiger partial charge in [0.1, 0.15) is 0 Å². The second-order valence-corrected chi connectivity index (χ2v) is 4.65. The Kier molecular flexibility index (Phi) is 5.11. The molecule has 1 aliphatic heterocycles. The van der Waals surface area contributed by atoms with Crippen LogP contribution in [0.2, 0.25) is 0 Å². The van der Waals surface area contributed by atoms with E-state index in [1.54, 1.807) is 24.5 Å². The molecule has 0 bridgehead atoms. The molecule has 0 radical (unpaired) electrons. The quantitative estimate of drug-likeness (QED) is 0.849. The summed E-state index contributed by atoms with van der Waals surface area (Å²) in [5.74, 6) is 0. The summed E-state index contributed by atoms with van der Waals surface area (Å²) in [5.41, 5.74) is 0.693. The first-order valence-corrected chi connectivity index (χ1v) is 6.51. The molecule has 0 saturated carbocycles. The summed E-state index contributed by atoms with van der Waals surface area (Å²) in [6, 6.07) is 3.48. The van der Waals surface area contributed by atoms with Gasteiger partial charge in [0.05, 0.1) is 25.1 Å². The van der Waals surface area contributed by atoms with E-state index >= 15 is 0 Å². The zero-order valence-electron chi connectivity index (χ0n) is 11.1. The molecule has 0 spiro atoms. The Bertz CT molecular complexity index is 393. The molecule has 1 saturated heterocycles. The van der Waals surface area contributed by atoms with Gasteiger partial charge in [-0.2, -0.15) is 0 Å². The summed E-state index contributed by atoms with van der Waals surface area (Å²) in [5, 5.41) is 5.67. The van der Waals surface area contributed by atoms with Crippen molar-refractivity contribution < 1.29 is 9.53 Å². The average molecular weight is 264 g/mol. The molecular weight excluding hydrogens is 244 g/mol. The van der Waals surface area contributed by atoms with Crippen LogP contribution in [0.15, 0.2) is 24.5 Å². The molecule has 6 nitrogen and oxygen atoms in total. The normalized spacial score (nSPS) is 17.7. The lowest BCUT2D eigenvalue weighted by Crippen LogP contribution is -2.47. The predicted octanol–water partition coefficient (Wildman–Crippen LogP) is 0.924. The summed E-state index contributed by atoms with van der Waals surface area (Å²) in [6.07, 6.45) is 3.29. The van der Waals surface area contributed by atoms with Crippen LogP contribution in [-0.4, -0.2) is 54.8 Å². The number of morpholine rings is 1. The van der Waals surface area contributed by atoms with Gasteiger partial charge >= 0.3 is 6.03 Å². The lowest BCUT2D eigenvalue weighted by atomic mass is 10.3. The number of aromatic nitrogens is 1. The zero-order chi connectivity index (χ0) is 13.5. The van der Waals surface area contributed by atoms with Crippen LogP contribution in [0.4, 0.5) is 10.5 Å². The number of rotatable bonds is 4. The highest BCUT2D eigenvalue weighted by atomic mass is 16.5. The van der Waals surface area contributed by atoms with Crippen molar-refractivity contribution in [2.45, 2.75) is 13.0 Å². The van der Waals surface area contributed by atoms with Crippen LogP contribution in [0.5, 0.6) is 0 Å². The van der Waals surface area contributed by atoms with E-state index in [4.69, 9.17) is 4.74 Å². The monoisotopic (exact) mass is 264 g/mol. The Balaban J connectivity index is 1.72. The van der Waals surface area contributed by atoms with Gasteiger partial charge in [0.2, 0.25) is 0 Å². The van der Waals surface area contributed by atoms with Crippen LogP contribution in [-0.2, 0) is 4.74 Å². The summed E-state index contributed by atoms with van der Waals surface area (Å²) < 4.78 is 5.29. The molecule has 2 amide bonds. The molecule has 1 aliphatic rings. The van der Waals surface area contributed by atoms with Gasteiger partial charge in [0.15, 0.2) is 0 Å². The fourth-order valence-electron chi connectivity index (χ4n) is 2.04. The standard InChI is InChI=1S/C13H20N4O2/c1-11(10-17-5-7-19-8-6-17)15-13(18)16-12-3-2-4-14-9-12/h2-4,9,11H,5-8,10H2,1H3,(H2,15,16,18). The maximum atomic E-state index is 11.8. The van der Waals surface area contributed by atoms with Gasteiger partial charge in [-0.05, 0) is 19.1 Å². The molecule has 1 unspecified atom stereocenters. The van der Waals surface area contributed by atoms with E-state index in [9.17, 15) is 4.79 Å². The Morgan fingerprint density at radius 3 is 3.00 bits per heavy atom. The second-order valence-electron chi connectivity index (χ2n) is 4.65. The number of hydrogen-bond donors (Lipinski definition) is 2. The molecule has 2 rings (SSSR count).